The third kappa shape index (κ3) is 3.45. The van der Waals surface area contributed by atoms with Crippen LogP contribution in [0.1, 0.15) is 6.92 Å². The lowest BCUT2D eigenvalue weighted by Gasteiger charge is -2.01. The number of benzene rings is 2. The Morgan fingerprint density at radius 3 is 2.48 bits per heavy atom. The summed E-state index contributed by atoms with van der Waals surface area (Å²) in [5.74, 6) is 1.38. The molecule has 0 fully saturated rings. The molecule has 0 amide bonds. The van der Waals surface area contributed by atoms with Gasteiger partial charge < -0.3 is 9.30 Å². The second kappa shape index (κ2) is 6.80. The third-order valence-electron chi connectivity index (χ3n) is 3.30. The Morgan fingerprint density at radius 2 is 1.78 bits per heavy atom. The topological polar surface area (TPSA) is 51.8 Å². The summed E-state index contributed by atoms with van der Waals surface area (Å²) >= 11 is 6.98. The average molecular weight is 438 g/mol. The number of hydrogen-bond acceptors (Lipinski definition) is 4. The van der Waals surface area contributed by atoms with Crippen molar-refractivity contribution in [2.45, 2.75) is 6.92 Å². The van der Waals surface area contributed by atoms with Gasteiger partial charge in [-0.3, -0.25) is 0 Å². The zero-order valence-electron chi connectivity index (χ0n) is 12.6. The highest BCUT2D eigenvalue weighted by Crippen LogP contribution is 2.31. The first kappa shape index (κ1) is 16.1. The summed E-state index contributed by atoms with van der Waals surface area (Å²) in [7, 11) is 1.92. The smallest absolute Gasteiger partial charge is 0.250 e. The Balaban J connectivity index is 1.90. The molecular formula is C16H14Br2N4O. The molecule has 5 nitrogen and oxygen atoms in total. The monoisotopic (exact) mass is 436 g/mol. The van der Waals surface area contributed by atoms with Crippen molar-refractivity contribution in [1.82, 2.24) is 9.55 Å². The molecular weight excluding hydrogens is 424 g/mol. The first-order valence-electron chi connectivity index (χ1n) is 7.04. The highest BCUT2D eigenvalue weighted by atomic mass is 79.9. The molecule has 1 heterocycles. The molecule has 0 bridgehead atoms. The lowest BCUT2D eigenvalue weighted by molar-refractivity contribution is 0.340. The van der Waals surface area contributed by atoms with Crippen LogP contribution in [0.25, 0.3) is 11.0 Å². The summed E-state index contributed by atoms with van der Waals surface area (Å²) in [6, 6.07) is 11.4. The van der Waals surface area contributed by atoms with Crippen LogP contribution < -0.4 is 4.74 Å². The largest absolute Gasteiger partial charge is 0.494 e. The third-order valence-corrected chi connectivity index (χ3v) is 5.15. The molecule has 23 heavy (non-hydrogen) atoms. The fourth-order valence-electron chi connectivity index (χ4n) is 2.14. The van der Waals surface area contributed by atoms with E-state index in [1.807, 2.05) is 54.9 Å². The Labute approximate surface area is 150 Å². The highest BCUT2D eigenvalue weighted by molar-refractivity contribution is 9.13. The molecule has 0 saturated carbocycles. The average Bonchev–Trinajstić information content (AvgIpc) is 2.83. The SMILES string of the molecule is CCOc1ccc(N=Nc2nc3cc(Br)c(Br)cc3n2C)cc1. The normalized spacial score (nSPS) is 11.5. The van der Waals surface area contributed by atoms with Gasteiger partial charge in [0.25, 0.3) is 0 Å². The number of hydrogen-bond donors (Lipinski definition) is 0. The maximum atomic E-state index is 5.41. The summed E-state index contributed by atoms with van der Waals surface area (Å²) in [6.45, 7) is 2.60. The van der Waals surface area contributed by atoms with Gasteiger partial charge in [-0.05, 0) is 75.2 Å². The molecule has 0 unspecified atom stereocenters. The van der Waals surface area contributed by atoms with Crippen molar-refractivity contribution < 1.29 is 4.74 Å². The Kier molecular flexibility index (Phi) is 4.77. The van der Waals surface area contributed by atoms with Gasteiger partial charge >= 0.3 is 0 Å². The molecule has 2 aromatic carbocycles. The van der Waals surface area contributed by atoms with Crippen molar-refractivity contribution in [3.8, 4) is 5.75 Å². The predicted molar refractivity (Wildman–Crippen MR) is 97.9 cm³/mol. The van der Waals surface area contributed by atoms with E-state index in [2.05, 4.69) is 47.1 Å². The van der Waals surface area contributed by atoms with Gasteiger partial charge in [0, 0.05) is 16.0 Å². The van der Waals surface area contributed by atoms with Crippen molar-refractivity contribution in [2.75, 3.05) is 6.61 Å². The van der Waals surface area contributed by atoms with E-state index in [-0.39, 0.29) is 0 Å². The number of azo groups is 1. The van der Waals surface area contributed by atoms with E-state index in [0.717, 1.165) is 31.4 Å². The van der Waals surface area contributed by atoms with Crippen LogP contribution in [0.4, 0.5) is 11.6 Å². The van der Waals surface area contributed by atoms with Gasteiger partial charge in [-0.2, -0.15) is 0 Å². The van der Waals surface area contributed by atoms with Crippen LogP contribution in [-0.2, 0) is 7.05 Å². The molecule has 7 heteroatoms. The van der Waals surface area contributed by atoms with Crippen LogP contribution in [0.3, 0.4) is 0 Å². The van der Waals surface area contributed by atoms with Gasteiger partial charge in [0.15, 0.2) is 0 Å². The maximum absolute atomic E-state index is 5.41. The summed E-state index contributed by atoms with van der Waals surface area (Å²) in [5, 5.41) is 8.49. The number of aromatic nitrogens is 2. The first-order chi connectivity index (χ1) is 11.1. The number of imidazole rings is 1. The van der Waals surface area contributed by atoms with Crippen LogP contribution in [0.5, 0.6) is 5.75 Å². The lowest BCUT2D eigenvalue weighted by Crippen LogP contribution is -1.89. The molecule has 0 N–H and O–H groups in total. The lowest BCUT2D eigenvalue weighted by atomic mass is 10.3. The van der Waals surface area contributed by atoms with Gasteiger partial charge in [-0.1, -0.05) is 0 Å². The van der Waals surface area contributed by atoms with Crippen molar-refractivity contribution in [3.05, 3.63) is 45.3 Å². The number of fused-ring (bicyclic) bond motifs is 1. The number of halogens is 2. The molecule has 0 saturated heterocycles. The quantitative estimate of drug-likeness (QED) is 0.476. The Hall–Kier alpha value is -1.73. The summed E-state index contributed by atoms with van der Waals surface area (Å²) in [5.41, 5.74) is 2.60. The van der Waals surface area contributed by atoms with E-state index in [1.165, 1.54) is 0 Å². The summed E-state index contributed by atoms with van der Waals surface area (Å²) in [4.78, 5) is 4.50. The molecule has 0 aliphatic carbocycles. The second-order valence-corrected chi connectivity index (χ2v) is 6.56. The Morgan fingerprint density at radius 1 is 1.09 bits per heavy atom. The second-order valence-electron chi connectivity index (χ2n) is 4.85. The summed E-state index contributed by atoms with van der Waals surface area (Å²) < 4.78 is 9.25. The number of ether oxygens (including phenoxy) is 1. The molecule has 0 aliphatic heterocycles. The van der Waals surface area contributed by atoms with Gasteiger partial charge in [-0.15, -0.1) is 10.2 Å². The van der Waals surface area contributed by atoms with E-state index in [0.29, 0.717) is 12.6 Å². The Bertz CT molecular complexity index is 872. The van der Waals surface area contributed by atoms with Crippen LogP contribution >= 0.6 is 31.9 Å². The van der Waals surface area contributed by atoms with E-state index < -0.39 is 0 Å². The fraction of sp³-hybridized carbons (Fsp3) is 0.188. The minimum absolute atomic E-state index is 0.555. The summed E-state index contributed by atoms with van der Waals surface area (Å²) in [6.07, 6.45) is 0. The van der Waals surface area contributed by atoms with Crippen molar-refractivity contribution in [3.63, 3.8) is 0 Å². The van der Waals surface area contributed by atoms with Crippen LogP contribution in [0, 0.1) is 0 Å². The first-order valence-corrected chi connectivity index (χ1v) is 8.63. The number of nitrogens with zero attached hydrogens (tertiary/aromatic N) is 4. The molecule has 3 aromatic rings. The van der Waals surface area contributed by atoms with Crippen LogP contribution in [-0.4, -0.2) is 16.2 Å². The van der Waals surface area contributed by atoms with Crippen LogP contribution in [0.15, 0.2) is 55.6 Å². The minimum atomic E-state index is 0.555. The standard InChI is InChI=1S/C16H14Br2N4O/c1-3-23-11-6-4-10(5-7-11)20-21-16-19-14-8-12(17)13(18)9-15(14)22(16)2/h4-9H,3H2,1-2H3. The van der Waals surface area contributed by atoms with E-state index in [1.54, 1.807) is 0 Å². The number of rotatable bonds is 4. The van der Waals surface area contributed by atoms with Crippen molar-refractivity contribution in [2.24, 2.45) is 17.3 Å². The molecule has 0 spiro atoms. The number of aryl methyl sites for hydroxylation is 1. The molecule has 0 atom stereocenters. The van der Waals surface area contributed by atoms with Gasteiger partial charge in [-0.25, -0.2) is 4.98 Å². The van der Waals surface area contributed by atoms with Crippen molar-refractivity contribution >= 4 is 54.5 Å². The van der Waals surface area contributed by atoms with Gasteiger partial charge in [0.1, 0.15) is 5.75 Å². The zero-order chi connectivity index (χ0) is 16.4. The predicted octanol–water partition coefficient (Wildman–Crippen LogP) is 5.91. The van der Waals surface area contributed by atoms with E-state index in [9.17, 15) is 0 Å². The zero-order valence-corrected chi connectivity index (χ0v) is 15.8. The van der Waals surface area contributed by atoms with Gasteiger partial charge in [0.2, 0.25) is 5.95 Å². The van der Waals surface area contributed by atoms with E-state index >= 15 is 0 Å². The molecule has 0 radical (unpaired) electrons. The van der Waals surface area contributed by atoms with Crippen LogP contribution in [0.2, 0.25) is 0 Å². The molecule has 3 rings (SSSR count). The van der Waals surface area contributed by atoms with E-state index in [4.69, 9.17) is 4.74 Å². The maximum Gasteiger partial charge on any atom is 0.250 e. The van der Waals surface area contributed by atoms with Crippen molar-refractivity contribution in [1.29, 1.82) is 0 Å². The van der Waals surface area contributed by atoms with Gasteiger partial charge in [0.05, 0.1) is 23.3 Å². The fourth-order valence-corrected chi connectivity index (χ4v) is 2.80. The molecule has 0 aliphatic rings. The minimum Gasteiger partial charge on any atom is -0.494 e. The highest BCUT2D eigenvalue weighted by Gasteiger charge is 2.09. The molecule has 118 valence electrons. The molecule has 1 aromatic heterocycles.